The molecule has 0 spiro atoms. The molecule has 2 amide bonds. The third-order valence-corrected chi connectivity index (χ3v) is 7.47. The molecule has 2 aromatic carbocycles. The van der Waals surface area contributed by atoms with Crippen LogP contribution in [0.15, 0.2) is 36.4 Å². The number of nitrogens with zero attached hydrogens (tertiary/aromatic N) is 3. The highest BCUT2D eigenvalue weighted by Crippen LogP contribution is 2.30. The lowest BCUT2D eigenvalue weighted by Crippen LogP contribution is -2.39. The average Bonchev–Trinajstić information content (AvgIpc) is 3.68. The first-order valence-electron chi connectivity index (χ1n) is 13.8. The monoisotopic (exact) mass is 529 g/mol. The van der Waals surface area contributed by atoms with Crippen molar-refractivity contribution in [2.75, 3.05) is 18.0 Å². The fourth-order valence-electron chi connectivity index (χ4n) is 5.60. The summed E-state index contributed by atoms with van der Waals surface area (Å²) in [5.74, 6) is 0.520. The lowest BCUT2D eigenvalue weighted by atomic mass is 10.1. The smallest absolute Gasteiger partial charge is 0.407 e. The van der Waals surface area contributed by atoms with Gasteiger partial charge in [0.1, 0.15) is 11.3 Å². The van der Waals surface area contributed by atoms with Crippen LogP contribution in [0.2, 0.25) is 0 Å². The molecule has 10 heteroatoms. The molecular weight excluding hydrogens is 494 g/mol. The summed E-state index contributed by atoms with van der Waals surface area (Å²) in [6.45, 7) is 7.69. The molecular formula is C29H35N7O3. The quantitative estimate of drug-likeness (QED) is 0.292. The number of anilines is 1. The van der Waals surface area contributed by atoms with Crippen LogP contribution in [0.4, 0.5) is 10.5 Å². The first kappa shape index (κ1) is 25.2. The van der Waals surface area contributed by atoms with Gasteiger partial charge in [-0.05, 0) is 89.3 Å². The summed E-state index contributed by atoms with van der Waals surface area (Å²) in [6.07, 6.45) is 4.29. The van der Waals surface area contributed by atoms with Crippen molar-refractivity contribution in [3.8, 4) is 11.5 Å². The van der Waals surface area contributed by atoms with Gasteiger partial charge in [0.15, 0.2) is 5.82 Å². The molecule has 0 unspecified atom stereocenters. The number of H-pyrrole nitrogens is 2. The number of aromatic nitrogens is 4. The predicted octanol–water partition coefficient (Wildman–Crippen LogP) is 4.88. The van der Waals surface area contributed by atoms with Crippen molar-refractivity contribution in [1.82, 2.24) is 30.8 Å². The van der Waals surface area contributed by atoms with Crippen LogP contribution in [0.25, 0.3) is 33.5 Å². The first-order valence-corrected chi connectivity index (χ1v) is 13.8. The van der Waals surface area contributed by atoms with Crippen molar-refractivity contribution in [2.45, 2.75) is 70.6 Å². The molecule has 204 valence electrons. The Morgan fingerprint density at radius 1 is 1.00 bits per heavy atom. The van der Waals surface area contributed by atoms with Crippen molar-refractivity contribution < 1.29 is 14.3 Å². The largest absolute Gasteiger partial charge is 0.444 e. The van der Waals surface area contributed by atoms with Gasteiger partial charge < -0.3 is 25.3 Å². The minimum atomic E-state index is -0.542. The second kappa shape index (κ2) is 9.91. The Hall–Kier alpha value is -4.08. The number of benzene rings is 2. The zero-order chi connectivity index (χ0) is 27.1. The molecule has 1 aliphatic heterocycles. The molecule has 2 aromatic heterocycles. The number of amides is 2. The van der Waals surface area contributed by atoms with E-state index in [1.165, 1.54) is 18.5 Å². The first-order chi connectivity index (χ1) is 18.7. The maximum atomic E-state index is 13.2. The number of carbonyl (C=O) groups is 2. The zero-order valence-electron chi connectivity index (χ0n) is 22.6. The van der Waals surface area contributed by atoms with Gasteiger partial charge >= 0.3 is 6.09 Å². The van der Waals surface area contributed by atoms with E-state index in [1.807, 2.05) is 39.0 Å². The maximum Gasteiger partial charge on any atom is 0.407 e. The Kier molecular flexibility index (Phi) is 6.40. The third-order valence-electron chi connectivity index (χ3n) is 7.47. The van der Waals surface area contributed by atoms with Crippen LogP contribution in [0.3, 0.4) is 0 Å². The van der Waals surface area contributed by atoms with Gasteiger partial charge in [0.25, 0.3) is 5.91 Å². The molecule has 4 N–H and O–H groups in total. The highest BCUT2D eigenvalue weighted by molar-refractivity contribution is 6.01. The SMILES string of the molecule is CC(C)(C)OC(=O)N[C@H]1CC[C@H](NC(=O)c2ccc3[nH]nc(-c4nc5ccc(N6CCCC6)cc5[nH]4)c3c2)C1. The number of hydrogen-bond acceptors (Lipinski definition) is 6. The lowest BCUT2D eigenvalue weighted by Gasteiger charge is -2.21. The van der Waals surface area contributed by atoms with Gasteiger partial charge in [-0.15, -0.1) is 0 Å². The summed E-state index contributed by atoms with van der Waals surface area (Å²) >= 11 is 0. The molecule has 1 aliphatic carbocycles. The van der Waals surface area contributed by atoms with Gasteiger partial charge in [-0.1, -0.05) is 0 Å². The predicted molar refractivity (Wildman–Crippen MR) is 151 cm³/mol. The standard InChI is InChI=1S/C29H35N7O3/c1-29(2,3)39-28(38)31-19-8-7-18(15-19)30-27(37)17-6-10-22-21(14-17)25(35-34-22)26-32-23-11-9-20(16-24(23)33-26)36-12-4-5-13-36/h6,9-11,14,16,18-19H,4-5,7-8,12-13,15H2,1-3H3,(H,30,37)(H,31,38)(H,32,33)(H,34,35)/t18-,19-/m0/s1. The van der Waals surface area contributed by atoms with E-state index in [9.17, 15) is 9.59 Å². The van der Waals surface area contributed by atoms with E-state index in [4.69, 9.17) is 9.72 Å². The molecule has 39 heavy (non-hydrogen) atoms. The molecule has 0 radical (unpaired) electrons. The number of rotatable bonds is 5. The van der Waals surface area contributed by atoms with E-state index in [0.717, 1.165) is 47.9 Å². The summed E-state index contributed by atoms with van der Waals surface area (Å²) in [5, 5.41) is 14.5. The summed E-state index contributed by atoms with van der Waals surface area (Å²) in [6, 6.07) is 11.8. The number of aromatic amines is 2. The second-order valence-electron chi connectivity index (χ2n) is 11.6. The van der Waals surface area contributed by atoms with Gasteiger partial charge in [-0.25, -0.2) is 9.78 Å². The van der Waals surface area contributed by atoms with Gasteiger partial charge in [0, 0.05) is 41.8 Å². The van der Waals surface area contributed by atoms with Crippen molar-refractivity contribution >= 4 is 39.6 Å². The van der Waals surface area contributed by atoms with Crippen LogP contribution in [0, 0.1) is 0 Å². The molecule has 0 bridgehead atoms. The molecule has 1 saturated heterocycles. The lowest BCUT2D eigenvalue weighted by molar-refractivity contribution is 0.0505. The highest BCUT2D eigenvalue weighted by Gasteiger charge is 2.29. The van der Waals surface area contributed by atoms with Gasteiger partial charge in [-0.3, -0.25) is 9.89 Å². The van der Waals surface area contributed by atoms with E-state index in [0.29, 0.717) is 23.5 Å². The number of fused-ring (bicyclic) bond motifs is 2. The number of alkyl carbamates (subject to hydrolysis) is 1. The number of imidazole rings is 1. The fraction of sp³-hybridized carbons (Fsp3) is 0.448. The summed E-state index contributed by atoms with van der Waals surface area (Å²) in [7, 11) is 0. The van der Waals surface area contributed by atoms with Crippen molar-refractivity contribution in [3.05, 3.63) is 42.0 Å². The normalized spacial score (nSPS) is 19.6. The van der Waals surface area contributed by atoms with Gasteiger partial charge in [0.2, 0.25) is 0 Å². The molecule has 10 nitrogen and oxygen atoms in total. The molecule has 4 aromatic rings. The summed E-state index contributed by atoms with van der Waals surface area (Å²) in [5.41, 5.74) is 4.59. The second-order valence-corrected chi connectivity index (χ2v) is 11.6. The van der Waals surface area contributed by atoms with E-state index in [-0.39, 0.29) is 18.0 Å². The number of hydrogen-bond donors (Lipinski definition) is 4. The Labute approximate surface area is 226 Å². The van der Waals surface area contributed by atoms with E-state index in [1.54, 1.807) is 6.07 Å². The summed E-state index contributed by atoms with van der Waals surface area (Å²) in [4.78, 5) is 35.9. The Balaban J connectivity index is 1.16. The maximum absolute atomic E-state index is 13.2. The molecule has 3 heterocycles. The highest BCUT2D eigenvalue weighted by atomic mass is 16.6. The van der Waals surface area contributed by atoms with E-state index in [2.05, 4.69) is 42.8 Å². The average molecular weight is 530 g/mol. The van der Waals surface area contributed by atoms with Crippen molar-refractivity contribution in [3.63, 3.8) is 0 Å². The van der Waals surface area contributed by atoms with Crippen LogP contribution in [0.1, 0.15) is 63.2 Å². The topological polar surface area (TPSA) is 128 Å². The molecule has 6 rings (SSSR count). The fourth-order valence-corrected chi connectivity index (χ4v) is 5.60. The number of ether oxygens (including phenoxy) is 1. The zero-order valence-corrected chi connectivity index (χ0v) is 22.6. The van der Waals surface area contributed by atoms with Crippen LogP contribution >= 0.6 is 0 Å². The Morgan fingerprint density at radius 2 is 1.77 bits per heavy atom. The molecule has 1 saturated carbocycles. The minimum absolute atomic E-state index is 0.0165. The Morgan fingerprint density at radius 3 is 2.54 bits per heavy atom. The summed E-state index contributed by atoms with van der Waals surface area (Å²) < 4.78 is 5.36. The van der Waals surface area contributed by atoms with Gasteiger partial charge in [0.05, 0.1) is 16.6 Å². The molecule has 2 atom stereocenters. The van der Waals surface area contributed by atoms with Crippen LogP contribution < -0.4 is 15.5 Å². The van der Waals surface area contributed by atoms with Gasteiger partial charge in [-0.2, -0.15) is 5.10 Å². The Bertz CT molecular complexity index is 1530. The number of nitrogens with one attached hydrogen (secondary N) is 4. The van der Waals surface area contributed by atoms with Crippen LogP contribution in [-0.2, 0) is 4.74 Å². The van der Waals surface area contributed by atoms with E-state index < -0.39 is 11.7 Å². The third kappa shape index (κ3) is 5.41. The molecule has 2 aliphatic rings. The minimum Gasteiger partial charge on any atom is -0.444 e. The van der Waals surface area contributed by atoms with Crippen molar-refractivity contribution in [1.29, 1.82) is 0 Å². The van der Waals surface area contributed by atoms with Crippen molar-refractivity contribution in [2.24, 2.45) is 0 Å². The molecule has 2 fully saturated rings. The van der Waals surface area contributed by atoms with Crippen LogP contribution in [0.5, 0.6) is 0 Å². The van der Waals surface area contributed by atoms with Crippen LogP contribution in [-0.4, -0.2) is 62.9 Å². The van der Waals surface area contributed by atoms with E-state index >= 15 is 0 Å². The number of carbonyl (C=O) groups excluding carboxylic acids is 2.